The predicted octanol–water partition coefficient (Wildman–Crippen LogP) is 4.76. The van der Waals surface area contributed by atoms with Gasteiger partial charge in [-0.15, -0.1) is 0 Å². The molecule has 1 fully saturated rings. The third-order valence-corrected chi connectivity index (χ3v) is 5.16. The minimum atomic E-state index is -1.01. The number of hydrogen-bond donors (Lipinski definition) is 2. The fraction of sp³-hybridized carbons (Fsp3) is 0.429. The number of azide groups is 2. The van der Waals surface area contributed by atoms with E-state index in [4.69, 9.17) is 20.5 Å². The molecule has 4 atom stereocenters. The molecule has 0 bridgehead atoms. The summed E-state index contributed by atoms with van der Waals surface area (Å²) in [4.78, 5) is 5.91. The summed E-state index contributed by atoms with van der Waals surface area (Å²) in [5, 5.41) is 28.1. The van der Waals surface area contributed by atoms with Crippen LogP contribution in [0.25, 0.3) is 20.9 Å². The Balaban J connectivity index is 1.95. The number of ether oxygens (including phenoxy) is 2. The van der Waals surface area contributed by atoms with E-state index in [9.17, 15) is 10.2 Å². The first-order chi connectivity index (χ1) is 14.8. The van der Waals surface area contributed by atoms with Crippen molar-refractivity contribution in [1.29, 1.82) is 0 Å². The van der Waals surface area contributed by atoms with Crippen molar-refractivity contribution in [2.75, 3.05) is 0 Å². The van der Waals surface area contributed by atoms with Crippen LogP contribution in [0.2, 0.25) is 0 Å². The quantitative estimate of drug-likeness (QED) is 0.356. The summed E-state index contributed by atoms with van der Waals surface area (Å²) in [5.74, 6) is -0.855. The van der Waals surface area contributed by atoms with Crippen LogP contribution in [-0.4, -0.2) is 40.3 Å². The van der Waals surface area contributed by atoms with Gasteiger partial charge in [-0.2, -0.15) is 0 Å². The SMILES string of the molecule is CC1(C)O[C@@H]([C@@H](Cc2ccccc2O)N=[N+]=[N-])[C@H]([C@@H](Cc2ccccc2O)N=[N+]=[N-])O1. The molecule has 10 heteroatoms. The number of hydrogen-bond acceptors (Lipinski definition) is 6. The molecule has 1 saturated heterocycles. The van der Waals surface area contributed by atoms with Gasteiger partial charge in [-0.1, -0.05) is 46.6 Å². The molecular formula is C21H24N6O4. The van der Waals surface area contributed by atoms with E-state index < -0.39 is 30.1 Å². The zero-order valence-corrected chi connectivity index (χ0v) is 17.2. The highest BCUT2D eigenvalue weighted by Crippen LogP contribution is 2.37. The van der Waals surface area contributed by atoms with Crippen molar-refractivity contribution in [3.05, 3.63) is 80.5 Å². The van der Waals surface area contributed by atoms with Gasteiger partial charge in [0, 0.05) is 9.82 Å². The zero-order valence-electron chi connectivity index (χ0n) is 17.2. The summed E-state index contributed by atoms with van der Waals surface area (Å²) in [5.41, 5.74) is 19.5. The van der Waals surface area contributed by atoms with Gasteiger partial charge in [0.1, 0.15) is 11.5 Å². The number of phenolic OH excluding ortho intramolecular Hbond substituents is 2. The normalized spacial score (nSPS) is 21.5. The van der Waals surface area contributed by atoms with Crippen molar-refractivity contribution in [3.8, 4) is 11.5 Å². The van der Waals surface area contributed by atoms with Crippen molar-refractivity contribution in [2.45, 2.75) is 56.8 Å². The number of para-hydroxylation sites is 2. The van der Waals surface area contributed by atoms with E-state index in [1.54, 1.807) is 62.4 Å². The summed E-state index contributed by atoms with van der Waals surface area (Å²) >= 11 is 0. The van der Waals surface area contributed by atoms with Crippen LogP contribution < -0.4 is 0 Å². The predicted molar refractivity (Wildman–Crippen MR) is 113 cm³/mol. The molecule has 2 N–H and O–H groups in total. The maximum absolute atomic E-state index is 10.2. The minimum Gasteiger partial charge on any atom is -0.508 e. The molecule has 0 radical (unpaired) electrons. The average Bonchev–Trinajstić information content (AvgIpc) is 3.06. The smallest absolute Gasteiger partial charge is 0.163 e. The Labute approximate surface area is 179 Å². The second-order valence-electron chi connectivity index (χ2n) is 7.77. The highest BCUT2D eigenvalue weighted by Gasteiger charge is 2.48. The lowest BCUT2D eigenvalue weighted by Gasteiger charge is -2.27. The van der Waals surface area contributed by atoms with Gasteiger partial charge in [0.05, 0.1) is 24.3 Å². The molecule has 0 saturated carbocycles. The second-order valence-corrected chi connectivity index (χ2v) is 7.77. The molecule has 0 aliphatic carbocycles. The van der Waals surface area contributed by atoms with Gasteiger partial charge in [-0.05, 0) is 61.0 Å². The molecule has 0 aromatic heterocycles. The third kappa shape index (κ3) is 5.39. The minimum absolute atomic E-state index is 0.0798. The zero-order chi connectivity index (χ0) is 22.4. The van der Waals surface area contributed by atoms with Crippen LogP contribution in [0.4, 0.5) is 0 Å². The van der Waals surface area contributed by atoms with Crippen molar-refractivity contribution in [1.82, 2.24) is 0 Å². The molecule has 3 rings (SSSR count). The molecule has 1 heterocycles. The van der Waals surface area contributed by atoms with Crippen molar-refractivity contribution >= 4 is 0 Å². The summed E-state index contributed by atoms with van der Waals surface area (Å²) in [7, 11) is 0. The van der Waals surface area contributed by atoms with Gasteiger partial charge in [0.25, 0.3) is 0 Å². The first kappa shape index (κ1) is 22.3. The molecule has 1 aliphatic heterocycles. The van der Waals surface area contributed by atoms with Crippen LogP contribution in [0.1, 0.15) is 25.0 Å². The summed E-state index contributed by atoms with van der Waals surface area (Å²) in [6, 6.07) is 12.1. The van der Waals surface area contributed by atoms with E-state index in [0.717, 1.165) is 0 Å². The van der Waals surface area contributed by atoms with Gasteiger partial charge >= 0.3 is 0 Å². The van der Waals surface area contributed by atoms with Crippen LogP contribution in [0.3, 0.4) is 0 Å². The molecule has 31 heavy (non-hydrogen) atoms. The Hall–Kier alpha value is -3.42. The van der Waals surface area contributed by atoms with E-state index in [1.807, 2.05) is 0 Å². The van der Waals surface area contributed by atoms with E-state index in [-0.39, 0.29) is 24.3 Å². The fourth-order valence-electron chi connectivity index (χ4n) is 3.81. The van der Waals surface area contributed by atoms with Crippen LogP contribution in [0, 0.1) is 0 Å². The number of aromatic hydroxyl groups is 2. The highest BCUT2D eigenvalue weighted by atomic mass is 16.8. The van der Waals surface area contributed by atoms with Crippen LogP contribution in [0.5, 0.6) is 11.5 Å². The highest BCUT2D eigenvalue weighted by molar-refractivity contribution is 5.34. The maximum Gasteiger partial charge on any atom is 0.163 e. The summed E-state index contributed by atoms with van der Waals surface area (Å²) in [6.07, 6.45) is -1.08. The van der Waals surface area contributed by atoms with Gasteiger partial charge in [0.2, 0.25) is 0 Å². The Bertz CT molecular complexity index is 937. The monoisotopic (exact) mass is 424 g/mol. The van der Waals surface area contributed by atoms with E-state index in [2.05, 4.69) is 20.1 Å². The van der Waals surface area contributed by atoms with Crippen LogP contribution >= 0.6 is 0 Å². The lowest BCUT2D eigenvalue weighted by molar-refractivity contribution is -0.149. The first-order valence-electron chi connectivity index (χ1n) is 9.82. The van der Waals surface area contributed by atoms with Gasteiger partial charge in [-0.25, -0.2) is 0 Å². The van der Waals surface area contributed by atoms with Crippen LogP contribution in [0.15, 0.2) is 58.8 Å². The standard InChI is InChI=1S/C21H24N6O4/c1-21(2)30-19(15(24-26-22)11-13-7-3-5-9-17(13)28)20(31-21)16(25-27-23)12-14-8-4-6-10-18(14)29/h3-10,15-16,19-20,28-29H,11-12H2,1-2H3/t15-,16-,19+,20+/m1/s1. The van der Waals surface area contributed by atoms with Gasteiger partial charge in [0.15, 0.2) is 5.79 Å². The topological polar surface area (TPSA) is 156 Å². The molecule has 2 aromatic carbocycles. The molecule has 162 valence electrons. The number of rotatable bonds is 8. The van der Waals surface area contributed by atoms with Crippen molar-refractivity contribution in [2.24, 2.45) is 10.2 Å². The van der Waals surface area contributed by atoms with Crippen LogP contribution in [-0.2, 0) is 22.3 Å². The molecular weight excluding hydrogens is 400 g/mol. The van der Waals surface area contributed by atoms with E-state index in [0.29, 0.717) is 11.1 Å². The molecule has 0 amide bonds. The molecule has 0 unspecified atom stereocenters. The van der Waals surface area contributed by atoms with E-state index >= 15 is 0 Å². The Kier molecular flexibility index (Phi) is 6.89. The van der Waals surface area contributed by atoms with Crippen molar-refractivity contribution in [3.63, 3.8) is 0 Å². The maximum atomic E-state index is 10.2. The van der Waals surface area contributed by atoms with Crippen molar-refractivity contribution < 1.29 is 19.7 Å². The average molecular weight is 424 g/mol. The van der Waals surface area contributed by atoms with E-state index in [1.165, 1.54) is 0 Å². The van der Waals surface area contributed by atoms with Gasteiger partial charge in [-0.3, -0.25) is 0 Å². The Morgan fingerprint density at radius 3 is 1.58 bits per heavy atom. The number of nitrogens with zero attached hydrogens (tertiary/aromatic N) is 6. The lowest BCUT2D eigenvalue weighted by atomic mass is 9.91. The summed E-state index contributed by atoms with van der Waals surface area (Å²) in [6.45, 7) is 3.44. The molecule has 2 aromatic rings. The lowest BCUT2D eigenvalue weighted by Crippen LogP contribution is -2.42. The molecule has 0 spiro atoms. The largest absolute Gasteiger partial charge is 0.508 e. The third-order valence-electron chi connectivity index (χ3n) is 5.16. The molecule has 1 aliphatic rings. The van der Waals surface area contributed by atoms with Gasteiger partial charge < -0.3 is 19.7 Å². The Morgan fingerprint density at radius 2 is 1.23 bits per heavy atom. The molecule has 10 nitrogen and oxygen atoms in total. The fourth-order valence-corrected chi connectivity index (χ4v) is 3.81. The first-order valence-corrected chi connectivity index (χ1v) is 9.82. The second kappa shape index (κ2) is 9.59. The number of phenols is 2. The Morgan fingerprint density at radius 1 is 0.839 bits per heavy atom. The number of benzene rings is 2. The summed E-state index contributed by atoms with van der Waals surface area (Å²) < 4.78 is 12.1.